The first kappa shape index (κ1) is 19.2. The van der Waals surface area contributed by atoms with Crippen LogP contribution in [-0.4, -0.2) is 41.4 Å². The summed E-state index contributed by atoms with van der Waals surface area (Å²) in [5.74, 6) is 1.53. The Balaban J connectivity index is 1.55. The summed E-state index contributed by atoms with van der Waals surface area (Å²) in [6.07, 6.45) is 3.91. The number of ether oxygens (including phenoxy) is 1. The Labute approximate surface area is 167 Å². The van der Waals surface area contributed by atoms with Crippen molar-refractivity contribution in [2.45, 2.75) is 19.4 Å². The molecule has 1 unspecified atom stereocenters. The van der Waals surface area contributed by atoms with Gasteiger partial charge in [0.2, 0.25) is 5.95 Å². The first-order valence-corrected chi connectivity index (χ1v) is 9.24. The van der Waals surface area contributed by atoms with Crippen LogP contribution < -0.4 is 15.3 Å². The van der Waals surface area contributed by atoms with Crippen LogP contribution in [-0.2, 0) is 4.74 Å². The van der Waals surface area contributed by atoms with E-state index in [0.717, 1.165) is 5.56 Å². The van der Waals surface area contributed by atoms with Crippen molar-refractivity contribution in [3.05, 3.63) is 41.2 Å². The molecule has 1 saturated heterocycles. The van der Waals surface area contributed by atoms with Crippen molar-refractivity contribution in [1.29, 1.82) is 5.26 Å². The van der Waals surface area contributed by atoms with Crippen LogP contribution >= 0.6 is 0 Å². The van der Waals surface area contributed by atoms with Crippen molar-refractivity contribution >= 4 is 30.6 Å². The fourth-order valence-corrected chi connectivity index (χ4v) is 3.27. The van der Waals surface area contributed by atoms with E-state index in [2.05, 4.69) is 26.7 Å². The number of aryl methyl sites for hydroxylation is 1. The van der Waals surface area contributed by atoms with Crippen molar-refractivity contribution in [2.24, 2.45) is 5.92 Å². The van der Waals surface area contributed by atoms with Gasteiger partial charge < -0.3 is 25.0 Å². The summed E-state index contributed by atoms with van der Waals surface area (Å²) in [5.41, 5.74) is 1.76. The van der Waals surface area contributed by atoms with Crippen LogP contribution in [0.25, 0.3) is 6.08 Å². The van der Waals surface area contributed by atoms with Crippen LogP contribution in [0.2, 0.25) is 0 Å². The predicted octanol–water partition coefficient (Wildman–Crippen LogP) is 2.43. The summed E-state index contributed by atoms with van der Waals surface area (Å²) in [4.78, 5) is 8.72. The molecule has 4 rings (SSSR count). The second kappa shape index (κ2) is 8.07. The van der Waals surface area contributed by atoms with Crippen molar-refractivity contribution < 1.29 is 18.8 Å². The van der Waals surface area contributed by atoms with Gasteiger partial charge in [0.05, 0.1) is 24.6 Å². The molecule has 0 spiro atoms. The molecule has 8 nitrogen and oxygen atoms in total. The maximum Gasteiger partial charge on any atom is 0.552 e. The molecule has 2 atom stereocenters. The smallest absolute Gasteiger partial charge is 0.530 e. The van der Waals surface area contributed by atoms with E-state index in [9.17, 15) is 14.7 Å². The quantitative estimate of drug-likeness (QED) is 0.677. The summed E-state index contributed by atoms with van der Waals surface area (Å²) in [7, 11) is -1.16. The lowest BCUT2D eigenvalue weighted by Gasteiger charge is -2.28. The number of aromatic nitrogens is 2. The van der Waals surface area contributed by atoms with Crippen LogP contribution in [0.1, 0.15) is 17.5 Å². The van der Waals surface area contributed by atoms with Gasteiger partial charge in [0, 0.05) is 35.7 Å². The zero-order valence-corrected chi connectivity index (χ0v) is 15.7. The first-order valence-electron chi connectivity index (χ1n) is 9.24. The van der Waals surface area contributed by atoms with Crippen LogP contribution in [0.3, 0.4) is 0 Å². The highest BCUT2D eigenvalue weighted by Crippen LogP contribution is 2.32. The van der Waals surface area contributed by atoms with E-state index in [1.807, 2.05) is 6.92 Å². The van der Waals surface area contributed by atoms with E-state index < -0.39 is 12.9 Å². The van der Waals surface area contributed by atoms with E-state index in [-0.39, 0.29) is 23.7 Å². The fraction of sp³-hybridized carbons (Fsp3) is 0.316. The molecule has 0 radical (unpaired) electrons. The van der Waals surface area contributed by atoms with Gasteiger partial charge in [-0.05, 0) is 25.4 Å². The van der Waals surface area contributed by atoms with Crippen LogP contribution in [0, 0.1) is 30.0 Å². The molecule has 3 N–H and O–H groups in total. The minimum Gasteiger partial charge on any atom is -0.530 e. The highest BCUT2D eigenvalue weighted by atomic mass is 19.1. The standard InChI is InChI=1S/C19H19BFN5O3/c1-11-9-23-19(26-18(11)25-16-10-28-5-3-13(16)8-22)24-14-6-12-2-4-20(27)29-17(12)15(21)7-14/h2,4,6-7,9,13,16,27H,3,5,10H2,1H3,(H2,23,24,25,26)/t13-,16?/m0/s1. The second-order valence-electron chi connectivity index (χ2n) is 6.94. The highest BCUT2D eigenvalue weighted by Gasteiger charge is 2.26. The molecule has 1 aromatic heterocycles. The second-order valence-corrected chi connectivity index (χ2v) is 6.94. The van der Waals surface area contributed by atoms with Gasteiger partial charge in [-0.1, -0.05) is 6.08 Å². The number of fused-ring (bicyclic) bond motifs is 1. The topological polar surface area (TPSA) is 112 Å². The zero-order chi connectivity index (χ0) is 20.4. The van der Waals surface area contributed by atoms with E-state index in [4.69, 9.17) is 9.39 Å². The van der Waals surface area contributed by atoms with Gasteiger partial charge in [-0.15, -0.1) is 0 Å². The van der Waals surface area contributed by atoms with Gasteiger partial charge in [0.15, 0.2) is 5.82 Å². The number of nitriles is 1. The molecule has 1 fully saturated rings. The van der Waals surface area contributed by atoms with Crippen LogP contribution in [0.5, 0.6) is 5.75 Å². The molecule has 0 amide bonds. The molecule has 2 aromatic rings. The van der Waals surface area contributed by atoms with Crippen molar-refractivity contribution in [3.8, 4) is 11.8 Å². The maximum atomic E-state index is 14.3. The maximum absolute atomic E-state index is 14.3. The third kappa shape index (κ3) is 4.16. The van der Waals surface area contributed by atoms with E-state index in [1.54, 1.807) is 18.3 Å². The molecule has 0 saturated carbocycles. The van der Waals surface area contributed by atoms with Crippen molar-refractivity contribution in [3.63, 3.8) is 0 Å². The summed E-state index contributed by atoms with van der Waals surface area (Å²) < 4.78 is 24.9. The summed E-state index contributed by atoms with van der Waals surface area (Å²) in [6.45, 7) is 2.87. The lowest BCUT2D eigenvalue weighted by Crippen LogP contribution is -2.38. The van der Waals surface area contributed by atoms with E-state index in [0.29, 0.717) is 36.7 Å². The average molecular weight is 395 g/mol. The number of rotatable bonds is 4. The van der Waals surface area contributed by atoms with Gasteiger partial charge in [0.1, 0.15) is 11.6 Å². The molecule has 0 aliphatic carbocycles. The number of hydrogen-bond donors (Lipinski definition) is 3. The van der Waals surface area contributed by atoms with E-state index in [1.165, 1.54) is 12.0 Å². The molecular weight excluding hydrogens is 376 g/mol. The van der Waals surface area contributed by atoms with Crippen molar-refractivity contribution in [1.82, 2.24) is 9.97 Å². The number of anilines is 3. The molecule has 2 aliphatic rings. The van der Waals surface area contributed by atoms with Crippen LogP contribution in [0.4, 0.5) is 21.8 Å². The molecular formula is C19H19BFN5O3. The Bertz CT molecular complexity index is 997. The van der Waals surface area contributed by atoms with Gasteiger partial charge >= 0.3 is 7.12 Å². The Morgan fingerprint density at radius 2 is 2.28 bits per heavy atom. The van der Waals surface area contributed by atoms with Gasteiger partial charge in [0.25, 0.3) is 0 Å². The third-order valence-electron chi connectivity index (χ3n) is 4.82. The first-order chi connectivity index (χ1) is 14.0. The normalized spacial score (nSPS) is 20.4. The fourth-order valence-electron chi connectivity index (χ4n) is 3.27. The van der Waals surface area contributed by atoms with E-state index >= 15 is 0 Å². The Hall–Kier alpha value is -3.16. The molecule has 1 aromatic carbocycles. The molecule has 10 heteroatoms. The highest BCUT2D eigenvalue weighted by molar-refractivity contribution is 6.51. The largest absolute Gasteiger partial charge is 0.552 e. The molecule has 0 bridgehead atoms. The number of hydrogen-bond acceptors (Lipinski definition) is 8. The minimum atomic E-state index is -1.16. The average Bonchev–Trinajstić information content (AvgIpc) is 2.71. The summed E-state index contributed by atoms with van der Waals surface area (Å²) in [5, 5.41) is 25.1. The molecule has 3 heterocycles. The van der Waals surface area contributed by atoms with Gasteiger partial charge in [-0.25, -0.2) is 9.37 Å². The Morgan fingerprint density at radius 3 is 3.10 bits per heavy atom. The SMILES string of the molecule is Cc1cnc(Nc2cc(F)c3c(c2)C=CB(O)O3)nc1NC1COCC[C@H]1C#N. The predicted molar refractivity (Wildman–Crippen MR) is 106 cm³/mol. The van der Waals surface area contributed by atoms with Crippen LogP contribution in [0.15, 0.2) is 24.3 Å². The summed E-state index contributed by atoms with van der Waals surface area (Å²) in [6, 6.07) is 5.08. The number of nitrogens with one attached hydrogen (secondary N) is 2. The number of benzene rings is 1. The summed E-state index contributed by atoms with van der Waals surface area (Å²) >= 11 is 0. The molecule has 2 aliphatic heterocycles. The zero-order valence-electron chi connectivity index (χ0n) is 15.7. The molecule has 29 heavy (non-hydrogen) atoms. The molecule has 148 valence electrons. The lowest BCUT2D eigenvalue weighted by atomic mass is 9.86. The third-order valence-corrected chi connectivity index (χ3v) is 4.82. The Kier molecular flexibility index (Phi) is 5.33. The lowest BCUT2D eigenvalue weighted by molar-refractivity contribution is 0.0698. The number of nitrogens with zero attached hydrogens (tertiary/aromatic N) is 3. The van der Waals surface area contributed by atoms with Gasteiger partial charge in [-0.2, -0.15) is 10.2 Å². The number of halogens is 1. The van der Waals surface area contributed by atoms with Gasteiger partial charge in [-0.3, -0.25) is 0 Å². The monoisotopic (exact) mass is 395 g/mol. The minimum absolute atomic E-state index is 0.00225. The Morgan fingerprint density at radius 1 is 1.41 bits per heavy atom. The van der Waals surface area contributed by atoms with Crippen molar-refractivity contribution in [2.75, 3.05) is 23.8 Å².